The molecule has 0 unspecified atom stereocenters. The summed E-state index contributed by atoms with van der Waals surface area (Å²) in [5, 5.41) is 6.73. The van der Waals surface area contributed by atoms with Gasteiger partial charge in [0.2, 0.25) is 5.91 Å². The molecule has 2 aromatic rings. The molecule has 2 rings (SSSR count). The number of nitrogens with one attached hydrogen (secondary N) is 2. The average molecular weight is 340 g/mol. The SMILES string of the molecule is COc1ccc(C(=O)NN=C(C)CC(=O)NCc2cccnc2)cc1. The van der Waals surface area contributed by atoms with Crippen molar-refractivity contribution in [2.75, 3.05) is 7.11 Å². The molecule has 0 aliphatic carbocycles. The molecule has 0 radical (unpaired) electrons. The number of methoxy groups -OCH3 is 1. The topological polar surface area (TPSA) is 92.7 Å². The van der Waals surface area contributed by atoms with Crippen LogP contribution in [0.25, 0.3) is 0 Å². The Kier molecular flexibility index (Phi) is 6.65. The fourth-order valence-corrected chi connectivity index (χ4v) is 1.99. The summed E-state index contributed by atoms with van der Waals surface area (Å²) in [6.07, 6.45) is 3.47. The number of amides is 2. The quantitative estimate of drug-likeness (QED) is 0.595. The van der Waals surface area contributed by atoms with Crippen LogP contribution in [0.15, 0.2) is 53.9 Å². The highest BCUT2D eigenvalue weighted by molar-refractivity contribution is 6.01. The number of hydrazone groups is 1. The van der Waals surface area contributed by atoms with E-state index in [4.69, 9.17) is 4.74 Å². The van der Waals surface area contributed by atoms with Gasteiger partial charge in [-0.1, -0.05) is 6.07 Å². The van der Waals surface area contributed by atoms with E-state index in [0.717, 1.165) is 5.56 Å². The number of hydrogen-bond acceptors (Lipinski definition) is 5. The molecule has 0 aliphatic heterocycles. The van der Waals surface area contributed by atoms with Gasteiger partial charge < -0.3 is 10.1 Å². The molecule has 2 amide bonds. The van der Waals surface area contributed by atoms with Crippen molar-refractivity contribution in [1.82, 2.24) is 15.7 Å². The van der Waals surface area contributed by atoms with Crippen LogP contribution >= 0.6 is 0 Å². The lowest BCUT2D eigenvalue weighted by molar-refractivity contribution is -0.120. The third kappa shape index (κ3) is 6.06. The van der Waals surface area contributed by atoms with Crippen molar-refractivity contribution in [1.29, 1.82) is 0 Å². The third-order valence-electron chi connectivity index (χ3n) is 3.33. The molecule has 2 N–H and O–H groups in total. The minimum Gasteiger partial charge on any atom is -0.497 e. The highest BCUT2D eigenvalue weighted by Crippen LogP contribution is 2.11. The molecule has 0 aliphatic rings. The fraction of sp³-hybridized carbons (Fsp3) is 0.222. The predicted octanol–water partition coefficient (Wildman–Crippen LogP) is 1.90. The number of carbonyl (C=O) groups excluding carboxylic acids is 2. The van der Waals surface area contributed by atoms with Crippen molar-refractivity contribution in [2.45, 2.75) is 19.9 Å². The zero-order chi connectivity index (χ0) is 18.1. The van der Waals surface area contributed by atoms with E-state index in [1.54, 1.807) is 50.7 Å². The van der Waals surface area contributed by atoms with Crippen molar-refractivity contribution in [2.24, 2.45) is 5.10 Å². The van der Waals surface area contributed by atoms with Crippen LogP contribution in [0.1, 0.15) is 29.3 Å². The molecule has 7 heteroatoms. The lowest BCUT2D eigenvalue weighted by atomic mass is 10.2. The van der Waals surface area contributed by atoms with E-state index < -0.39 is 0 Å². The Morgan fingerprint density at radius 1 is 1.20 bits per heavy atom. The van der Waals surface area contributed by atoms with Crippen molar-refractivity contribution in [3.05, 3.63) is 59.9 Å². The molecular formula is C18H20N4O3. The molecule has 7 nitrogen and oxygen atoms in total. The number of ether oxygens (including phenoxy) is 1. The molecule has 0 fully saturated rings. The Morgan fingerprint density at radius 2 is 1.96 bits per heavy atom. The molecule has 1 heterocycles. The smallest absolute Gasteiger partial charge is 0.271 e. The van der Waals surface area contributed by atoms with Gasteiger partial charge in [0.15, 0.2) is 0 Å². The number of carbonyl (C=O) groups is 2. The van der Waals surface area contributed by atoms with E-state index in [-0.39, 0.29) is 18.2 Å². The summed E-state index contributed by atoms with van der Waals surface area (Å²) in [4.78, 5) is 27.8. The highest BCUT2D eigenvalue weighted by atomic mass is 16.5. The van der Waals surface area contributed by atoms with E-state index in [9.17, 15) is 9.59 Å². The normalized spacial score (nSPS) is 10.9. The van der Waals surface area contributed by atoms with Gasteiger partial charge in [-0.15, -0.1) is 0 Å². The van der Waals surface area contributed by atoms with Crippen LogP contribution in [-0.2, 0) is 11.3 Å². The summed E-state index contributed by atoms with van der Waals surface area (Å²) in [5.41, 5.74) is 4.31. The van der Waals surface area contributed by atoms with Gasteiger partial charge in [-0.05, 0) is 42.8 Å². The first kappa shape index (κ1) is 18.1. The monoisotopic (exact) mass is 340 g/mol. The van der Waals surface area contributed by atoms with Gasteiger partial charge in [0.25, 0.3) is 5.91 Å². The molecule has 0 saturated heterocycles. The number of pyridine rings is 1. The molecule has 1 aromatic carbocycles. The van der Waals surface area contributed by atoms with Gasteiger partial charge in [0.05, 0.1) is 13.5 Å². The molecule has 0 saturated carbocycles. The second-order valence-electron chi connectivity index (χ2n) is 5.33. The first-order chi connectivity index (χ1) is 12.1. The molecule has 1 aromatic heterocycles. The Morgan fingerprint density at radius 3 is 2.60 bits per heavy atom. The van der Waals surface area contributed by atoms with Crippen LogP contribution in [-0.4, -0.2) is 29.6 Å². The zero-order valence-electron chi connectivity index (χ0n) is 14.2. The second-order valence-corrected chi connectivity index (χ2v) is 5.33. The van der Waals surface area contributed by atoms with E-state index in [0.29, 0.717) is 23.6 Å². The predicted molar refractivity (Wildman–Crippen MR) is 94.3 cm³/mol. The van der Waals surface area contributed by atoms with E-state index in [1.165, 1.54) is 0 Å². The van der Waals surface area contributed by atoms with Gasteiger partial charge in [-0.3, -0.25) is 14.6 Å². The average Bonchev–Trinajstić information content (AvgIpc) is 2.65. The number of rotatable bonds is 7. The number of nitrogens with zero attached hydrogens (tertiary/aromatic N) is 2. The van der Waals surface area contributed by atoms with Crippen molar-refractivity contribution < 1.29 is 14.3 Å². The molecule has 25 heavy (non-hydrogen) atoms. The van der Waals surface area contributed by atoms with Gasteiger partial charge in [-0.25, -0.2) is 5.43 Å². The largest absolute Gasteiger partial charge is 0.497 e. The maximum atomic E-state index is 12.0. The van der Waals surface area contributed by atoms with Crippen molar-refractivity contribution in [3.8, 4) is 5.75 Å². The van der Waals surface area contributed by atoms with E-state index >= 15 is 0 Å². The number of aromatic nitrogens is 1. The summed E-state index contributed by atoms with van der Waals surface area (Å²) >= 11 is 0. The highest BCUT2D eigenvalue weighted by Gasteiger charge is 2.07. The van der Waals surface area contributed by atoms with Gasteiger partial charge in [0, 0.05) is 30.2 Å². The zero-order valence-corrected chi connectivity index (χ0v) is 14.2. The summed E-state index contributed by atoms with van der Waals surface area (Å²) in [6, 6.07) is 10.3. The maximum Gasteiger partial charge on any atom is 0.271 e. The lowest BCUT2D eigenvalue weighted by Gasteiger charge is -2.06. The van der Waals surface area contributed by atoms with Crippen LogP contribution in [0, 0.1) is 0 Å². The van der Waals surface area contributed by atoms with Crippen LogP contribution in [0.3, 0.4) is 0 Å². The van der Waals surface area contributed by atoms with Gasteiger partial charge in [0.1, 0.15) is 5.75 Å². The Bertz CT molecular complexity index is 743. The number of hydrogen-bond donors (Lipinski definition) is 2. The fourth-order valence-electron chi connectivity index (χ4n) is 1.99. The van der Waals surface area contributed by atoms with Gasteiger partial charge in [-0.2, -0.15) is 5.10 Å². The third-order valence-corrected chi connectivity index (χ3v) is 3.33. The first-order valence-corrected chi connectivity index (χ1v) is 7.71. The van der Waals surface area contributed by atoms with E-state index in [1.807, 2.05) is 12.1 Å². The Hall–Kier alpha value is -3.22. The van der Waals surface area contributed by atoms with Gasteiger partial charge >= 0.3 is 0 Å². The molecule has 0 spiro atoms. The van der Waals surface area contributed by atoms with Crippen LogP contribution in [0.4, 0.5) is 0 Å². The van der Waals surface area contributed by atoms with Crippen LogP contribution in [0.5, 0.6) is 5.75 Å². The number of benzene rings is 1. The Balaban J connectivity index is 1.79. The molecule has 130 valence electrons. The summed E-state index contributed by atoms with van der Waals surface area (Å²) in [6.45, 7) is 2.08. The first-order valence-electron chi connectivity index (χ1n) is 7.71. The van der Waals surface area contributed by atoms with E-state index in [2.05, 4.69) is 20.8 Å². The minimum atomic E-state index is -0.349. The minimum absolute atomic E-state index is 0.100. The summed E-state index contributed by atoms with van der Waals surface area (Å²) < 4.78 is 5.04. The molecular weight excluding hydrogens is 320 g/mol. The van der Waals surface area contributed by atoms with Crippen LogP contribution in [0.2, 0.25) is 0 Å². The Labute approximate surface area is 146 Å². The standard InChI is InChI=1S/C18H20N4O3/c1-13(10-17(23)20-12-14-4-3-9-19-11-14)21-22-18(24)15-5-7-16(25-2)8-6-15/h3-9,11H,10,12H2,1-2H3,(H,20,23)(H,22,24). The lowest BCUT2D eigenvalue weighted by Crippen LogP contribution is -2.26. The van der Waals surface area contributed by atoms with Crippen molar-refractivity contribution >= 4 is 17.5 Å². The van der Waals surface area contributed by atoms with Crippen molar-refractivity contribution in [3.63, 3.8) is 0 Å². The maximum absolute atomic E-state index is 12.0. The van der Waals surface area contributed by atoms with Crippen LogP contribution < -0.4 is 15.5 Å². The molecule has 0 bridgehead atoms. The molecule has 0 atom stereocenters. The summed E-state index contributed by atoms with van der Waals surface area (Å²) in [5.74, 6) is 0.142. The summed E-state index contributed by atoms with van der Waals surface area (Å²) in [7, 11) is 1.56. The second kappa shape index (κ2) is 9.17.